The average molecular weight is 500 g/mol. The van der Waals surface area contributed by atoms with Crippen molar-refractivity contribution in [3.8, 4) is 5.75 Å². The monoisotopic (exact) mass is 499 g/mol. The number of allylic oxidation sites excluding steroid dienone is 1. The Morgan fingerprint density at radius 1 is 1.21 bits per heavy atom. The zero-order valence-electron chi connectivity index (χ0n) is 19.4. The third-order valence-corrected chi connectivity index (χ3v) is 9.23. The topological polar surface area (TPSA) is 81.0 Å². The van der Waals surface area contributed by atoms with Crippen molar-refractivity contribution in [3.05, 3.63) is 65.5 Å². The summed E-state index contributed by atoms with van der Waals surface area (Å²) in [4.78, 5) is 18.0. The van der Waals surface area contributed by atoms with Crippen molar-refractivity contribution < 1.29 is 17.9 Å². The van der Waals surface area contributed by atoms with Gasteiger partial charge in [0, 0.05) is 25.2 Å². The Labute approximate surface area is 204 Å². The molecule has 9 heteroatoms. The van der Waals surface area contributed by atoms with Gasteiger partial charge in [0.05, 0.1) is 22.2 Å². The molecule has 2 aromatic carbocycles. The lowest BCUT2D eigenvalue weighted by molar-refractivity contribution is 0.0997. The molecule has 1 fully saturated rings. The molecule has 7 nitrogen and oxygen atoms in total. The van der Waals surface area contributed by atoms with Crippen LogP contribution in [0.3, 0.4) is 0 Å². The average Bonchev–Trinajstić information content (AvgIpc) is 3.20. The molecule has 0 atom stereocenters. The van der Waals surface area contributed by atoms with Crippen molar-refractivity contribution in [3.63, 3.8) is 0 Å². The molecule has 1 aliphatic rings. The van der Waals surface area contributed by atoms with Gasteiger partial charge in [-0.15, -0.1) is 6.58 Å². The van der Waals surface area contributed by atoms with Gasteiger partial charge in [-0.1, -0.05) is 36.7 Å². The maximum absolute atomic E-state index is 13.1. The van der Waals surface area contributed by atoms with Gasteiger partial charge in [0.25, 0.3) is 5.91 Å². The van der Waals surface area contributed by atoms with Crippen LogP contribution in [-0.4, -0.2) is 43.4 Å². The summed E-state index contributed by atoms with van der Waals surface area (Å²) in [7, 11) is -0.355. The van der Waals surface area contributed by atoms with E-state index in [-0.39, 0.29) is 10.9 Å². The molecule has 1 heterocycles. The van der Waals surface area contributed by atoms with Gasteiger partial charge >= 0.3 is 0 Å². The number of fused-ring (bicyclic) bond motifs is 1. The fourth-order valence-corrected chi connectivity index (χ4v) is 6.78. The van der Waals surface area contributed by atoms with E-state index in [1.165, 1.54) is 39.9 Å². The number of hydrogen-bond donors (Lipinski definition) is 0. The third kappa shape index (κ3) is 4.87. The molecule has 0 bridgehead atoms. The number of nitrogens with zero attached hydrogens (tertiary/aromatic N) is 3. The Morgan fingerprint density at radius 3 is 2.56 bits per heavy atom. The minimum atomic E-state index is -3.61. The van der Waals surface area contributed by atoms with E-state index in [9.17, 15) is 13.2 Å². The summed E-state index contributed by atoms with van der Waals surface area (Å²) < 4.78 is 35.8. The summed E-state index contributed by atoms with van der Waals surface area (Å²) in [5, 5.41) is 0. The predicted molar refractivity (Wildman–Crippen MR) is 135 cm³/mol. The lowest BCUT2D eigenvalue weighted by Gasteiger charge is -2.30. The smallest absolute Gasteiger partial charge is 0.279 e. The maximum Gasteiger partial charge on any atom is 0.279 e. The molecule has 0 aliphatic heterocycles. The number of sulfonamides is 1. The standard InChI is InChI=1S/C25H29N3O4S2/c1-4-16-28-22-15-12-20(32-3)17-23(22)33-25(28)26-24(29)18-10-13-21(14-11-18)34(30,31)27(2)19-8-6-5-7-9-19/h4,10-15,17,19H,1,5-9,16H2,2-3H3. The van der Waals surface area contributed by atoms with Crippen LogP contribution in [0, 0.1) is 0 Å². The lowest BCUT2D eigenvalue weighted by Crippen LogP contribution is -2.38. The van der Waals surface area contributed by atoms with E-state index in [0.29, 0.717) is 16.9 Å². The Balaban J connectivity index is 1.62. The van der Waals surface area contributed by atoms with Crippen LogP contribution in [0.2, 0.25) is 0 Å². The first-order valence-electron chi connectivity index (χ1n) is 11.3. The Kier molecular flexibility index (Phi) is 7.35. The van der Waals surface area contributed by atoms with Crippen LogP contribution in [0.15, 0.2) is 65.0 Å². The fraction of sp³-hybridized carbons (Fsp3) is 0.360. The Hall–Kier alpha value is -2.75. The highest BCUT2D eigenvalue weighted by Gasteiger charge is 2.29. The van der Waals surface area contributed by atoms with E-state index >= 15 is 0 Å². The summed E-state index contributed by atoms with van der Waals surface area (Å²) in [6.45, 7) is 4.31. The molecule has 34 heavy (non-hydrogen) atoms. The third-order valence-electron chi connectivity index (χ3n) is 6.27. The van der Waals surface area contributed by atoms with E-state index in [2.05, 4.69) is 11.6 Å². The molecule has 4 rings (SSSR count). The highest BCUT2D eigenvalue weighted by atomic mass is 32.2. The highest BCUT2D eigenvalue weighted by Crippen LogP contribution is 2.27. The van der Waals surface area contributed by atoms with Crippen molar-refractivity contribution in [2.75, 3.05) is 14.2 Å². The molecule has 0 spiro atoms. The first kappa shape index (κ1) is 24.4. The van der Waals surface area contributed by atoms with Gasteiger partial charge in [-0.2, -0.15) is 9.30 Å². The van der Waals surface area contributed by atoms with Gasteiger partial charge in [-0.25, -0.2) is 8.42 Å². The number of benzene rings is 2. The summed E-state index contributed by atoms with van der Waals surface area (Å²) in [6, 6.07) is 11.8. The van der Waals surface area contributed by atoms with E-state index in [0.717, 1.165) is 48.1 Å². The first-order chi connectivity index (χ1) is 16.3. The second kappa shape index (κ2) is 10.2. The first-order valence-corrected chi connectivity index (χ1v) is 13.6. The quantitative estimate of drug-likeness (QED) is 0.445. The number of carbonyl (C=O) groups excluding carboxylic acids is 1. The molecule has 0 N–H and O–H groups in total. The van der Waals surface area contributed by atoms with Gasteiger partial charge < -0.3 is 9.30 Å². The molecule has 1 aromatic heterocycles. The zero-order chi connectivity index (χ0) is 24.3. The molecular weight excluding hydrogens is 470 g/mol. The lowest BCUT2D eigenvalue weighted by atomic mass is 9.96. The molecular formula is C25H29N3O4S2. The number of thiazole rings is 1. The summed E-state index contributed by atoms with van der Waals surface area (Å²) in [5.74, 6) is 0.299. The normalized spacial score (nSPS) is 15.7. The van der Waals surface area contributed by atoms with Crippen LogP contribution >= 0.6 is 11.3 Å². The maximum atomic E-state index is 13.1. The molecule has 1 saturated carbocycles. The number of hydrogen-bond acceptors (Lipinski definition) is 5. The summed E-state index contributed by atoms with van der Waals surface area (Å²) in [6.07, 6.45) is 6.78. The molecule has 0 saturated heterocycles. The molecule has 0 radical (unpaired) electrons. The highest BCUT2D eigenvalue weighted by molar-refractivity contribution is 7.89. The van der Waals surface area contributed by atoms with E-state index in [1.807, 2.05) is 22.8 Å². The van der Waals surface area contributed by atoms with Crippen molar-refractivity contribution in [1.82, 2.24) is 8.87 Å². The number of aromatic nitrogens is 1. The number of methoxy groups -OCH3 is 1. The van der Waals surface area contributed by atoms with Crippen LogP contribution < -0.4 is 9.54 Å². The van der Waals surface area contributed by atoms with Gasteiger partial charge in [-0.3, -0.25) is 4.79 Å². The van der Waals surface area contributed by atoms with E-state index in [4.69, 9.17) is 4.74 Å². The van der Waals surface area contributed by atoms with E-state index in [1.54, 1.807) is 20.2 Å². The van der Waals surface area contributed by atoms with Crippen LogP contribution in [0.5, 0.6) is 5.75 Å². The zero-order valence-corrected chi connectivity index (χ0v) is 21.1. The van der Waals surface area contributed by atoms with Crippen LogP contribution in [0.4, 0.5) is 0 Å². The van der Waals surface area contributed by atoms with Gasteiger partial charge in [0.1, 0.15) is 5.75 Å². The van der Waals surface area contributed by atoms with Crippen LogP contribution in [-0.2, 0) is 16.6 Å². The SMILES string of the molecule is C=CCn1c(=NC(=O)c2ccc(S(=O)(=O)N(C)C3CCCCC3)cc2)sc2cc(OC)ccc21. The minimum absolute atomic E-state index is 0.0296. The number of rotatable bonds is 7. The largest absolute Gasteiger partial charge is 0.497 e. The van der Waals surface area contributed by atoms with Gasteiger partial charge in [-0.05, 0) is 55.3 Å². The second-order valence-electron chi connectivity index (χ2n) is 8.37. The predicted octanol–water partition coefficient (Wildman–Crippen LogP) is 4.59. The van der Waals surface area contributed by atoms with Crippen LogP contribution in [0.1, 0.15) is 42.5 Å². The number of amides is 1. The molecule has 180 valence electrons. The fourth-order valence-electron chi connectivity index (χ4n) is 4.30. The summed E-state index contributed by atoms with van der Waals surface area (Å²) in [5.41, 5.74) is 1.27. The molecule has 1 amide bonds. The summed E-state index contributed by atoms with van der Waals surface area (Å²) >= 11 is 1.39. The minimum Gasteiger partial charge on any atom is -0.497 e. The molecule has 3 aromatic rings. The van der Waals surface area contributed by atoms with Gasteiger partial charge in [0.2, 0.25) is 10.0 Å². The van der Waals surface area contributed by atoms with Crippen LogP contribution in [0.25, 0.3) is 10.2 Å². The van der Waals surface area contributed by atoms with Crippen molar-refractivity contribution in [2.24, 2.45) is 4.99 Å². The molecule has 1 aliphatic carbocycles. The van der Waals surface area contributed by atoms with Crippen molar-refractivity contribution >= 4 is 37.5 Å². The van der Waals surface area contributed by atoms with Crippen molar-refractivity contribution in [1.29, 1.82) is 0 Å². The van der Waals surface area contributed by atoms with Crippen molar-refractivity contribution in [2.45, 2.75) is 49.6 Å². The van der Waals surface area contributed by atoms with Gasteiger partial charge in [0.15, 0.2) is 4.80 Å². The van der Waals surface area contributed by atoms with E-state index < -0.39 is 15.9 Å². The number of carbonyl (C=O) groups is 1. The number of ether oxygens (including phenoxy) is 1. The molecule has 0 unspecified atom stereocenters. The second-order valence-corrected chi connectivity index (χ2v) is 11.4. The Bertz CT molecular complexity index is 1370. The Morgan fingerprint density at radius 2 is 1.91 bits per heavy atom.